The predicted molar refractivity (Wildman–Crippen MR) is 126 cm³/mol. The summed E-state index contributed by atoms with van der Waals surface area (Å²) < 4.78 is 7.08. The van der Waals surface area contributed by atoms with Crippen molar-refractivity contribution in [3.8, 4) is 11.3 Å². The monoisotopic (exact) mass is 519 g/mol. The third kappa shape index (κ3) is 4.09. The van der Waals surface area contributed by atoms with E-state index in [9.17, 15) is 14.7 Å². The molecular formula is C21H11BrClNO4S2. The van der Waals surface area contributed by atoms with Crippen molar-refractivity contribution in [1.29, 1.82) is 0 Å². The van der Waals surface area contributed by atoms with E-state index < -0.39 is 5.97 Å². The molecule has 1 aromatic heterocycles. The van der Waals surface area contributed by atoms with Crippen LogP contribution in [0.5, 0.6) is 0 Å². The lowest BCUT2D eigenvalue weighted by atomic mass is 10.1. The van der Waals surface area contributed by atoms with Crippen molar-refractivity contribution < 1.29 is 19.1 Å². The van der Waals surface area contributed by atoms with Crippen LogP contribution in [0.3, 0.4) is 0 Å². The Hall–Kier alpha value is -2.39. The predicted octanol–water partition coefficient (Wildman–Crippen LogP) is 6.47. The van der Waals surface area contributed by atoms with Crippen molar-refractivity contribution in [2.75, 3.05) is 4.90 Å². The molecule has 1 amide bonds. The molecular weight excluding hydrogens is 510 g/mol. The van der Waals surface area contributed by atoms with Crippen molar-refractivity contribution in [1.82, 2.24) is 0 Å². The molecule has 1 aliphatic heterocycles. The lowest BCUT2D eigenvalue weighted by Gasteiger charge is -2.14. The van der Waals surface area contributed by atoms with Crippen LogP contribution in [0.2, 0.25) is 5.02 Å². The molecule has 2 heterocycles. The first-order valence-corrected chi connectivity index (χ1v) is 10.9. The summed E-state index contributed by atoms with van der Waals surface area (Å²) >= 11 is 15.9. The molecule has 1 N–H and O–H groups in total. The summed E-state index contributed by atoms with van der Waals surface area (Å²) in [6.45, 7) is 0. The molecule has 3 aromatic rings. The van der Waals surface area contributed by atoms with E-state index in [4.69, 9.17) is 28.2 Å². The molecule has 4 rings (SSSR count). The molecule has 1 fully saturated rings. The van der Waals surface area contributed by atoms with Crippen LogP contribution in [-0.4, -0.2) is 21.3 Å². The molecule has 2 aromatic carbocycles. The number of thiocarbonyl (C=S) groups is 1. The first kappa shape index (κ1) is 20.9. The number of halogens is 2. The molecule has 1 aliphatic rings. The highest BCUT2D eigenvalue weighted by molar-refractivity contribution is 9.10. The fourth-order valence-electron chi connectivity index (χ4n) is 2.86. The summed E-state index contributed by atoms with van der Waals surface area (Å²) in [7, 11) is 0. The Balaban J connectivity index is 1.62. The number of thioether (sulfide) groups is 1. The zero-order chi connectivity index (χ0) is 21.4. The molecule has 0 radical (unpaired) electrons. The van der Waals surface area contributed by atoms with Gasteiger partial charge in [0.1, 0.15) is 11.5 Å². The minimum Gasteiger partial charge on any atom is -0.478 e. The van der Waals surface area contributed by atoms with Crippen LogP contribution in [0.4, 0.5) is 5.69 Å². The van der Waals surface area contributed by atoms with Gasteiger partial charge in [-0.25, -0.2) is 4.79 Å². The molecule has 0 saturated carbocycles. The fourth-order valence-corrected chi connectivity index (χ4v) is 4.73. The van der Waals surface area contributed by atoms with Crippen LogP contribution in [-0.2, 0) is 4.79 Å². The minimum absolute atomic E-state index is 0.0120. The number of anilines is 1. The number of carboxylic acid groups (broad SMARTS) is 1. The Morgan fingerprint density at radius 3 is 2.73 bits per heavy atom. The highest BCUT2D eigenvalue weighted by atomic mass is 79.9. The molecule has 30 heavy (non-hydrogen) atoms. The Morgan fingerprint density at radius 1 is 1.20 bits per heavy atom. The number of benzene rings is 2. The molecule has 150 valence electrons. The normalized spacial score (nSPS) is 15.3. The van der Waals surface area contributed by atoms with E-state index in [2.05, 4.69) is 15.9 Å². The Morgan fingerprint density at radius 2 is 2.00 bits per heavy atom. The van der Waals surface area contributed by atoms with Crippen molar-refractivity contribution in [3.05, 3.63) is 80.3 Å². The first-order valence-electron chi connectivity index (χ1n) is 8.50. The molecule has 0 aliphatic carbocycles. The number of rotatable bonds is 4. The molecule has 0 bridgehead atoms. The van der Waals surface area contributed by atoms with Crippen molar-refractivity contribution >= 4 is 79.5 Å². The number of carboxylic acids is 1. The number of carbonyl (C=O) groups is 2. The van der Waals surface area contributed by atoms with Gasteiger partial charge in [-0.1, -0.05) is 57.6 Å². The maximum atomic E-state index is 12.9. The zero-order valence-electron chi connectivity index (χ0n) is 15.0. The summed E-state index contributed by atoms with van der Waals surface area (Å²) in [6, 6.07) is 15.4. The minimum atomic E-state index is -1.12. The Kier molecular flexibility index (Phi) is 5.84. The smallest absolute Gasteiger partial charge is 0.337 e. The van der Waals surface area contributed by atoms with Gasteiger partial charge in [0.05, 0.1) is 21.2 Å². The van der Waals surface area contributed by atoms with Gasteiger partial charge in [0.2, 0.25) is 0 Å². The quantitative estimate of drug-likeness (QED) is 0.314. The van der Waals surface area contributed by atoms with Gasteiger partial charge in [0.15, 0.2) is 4.32 Å². The average Bonchev–Trinajstić information content (AvgIpc) is 3.26. The molecule has 0 spiro atoms. The molecule has 0 atom stereocenters. The van der Waals surface area contributed by atoms with Crippen LogP contribution in [0.25, 0.3) is 17.4 Å². The number of furan rings is 1. The molecule has 1 saturated heterocycles. The maximum absolute atomic E-state index is 12.9. The fraction of sp³-hybridized carbons (Fsp3) is 0. The third-order valence-corrected chi connectivity index (χ3v) is 6.37. The number of carbonyl (C=O) groups excluding carboxylic acids is 1. The number of nitrogens with zero attached hydrogens (tertiary/aromatic N) is 1. The third-order valence-electron chi connectivity index (χ3n) is 4.24. The lowest BCUT2D eigenvalue weighted by molar-refractivity contribution is -0.113. The van der Waals surface area contributed by atoms with Gasteiger partial charge in [0, 0.05) is 16.1 Å². The maximum Gasteiger partial charge on any atom is 0.337 e. The van der Waals surface area contributed by atoms with Gasteiger partial charge in [-0.15, -0.1) is 0 Å². The second-order valence-corrected chi connectivity index (χ2v) is 9.20. The summed E-state index contributed by atoms with van der Waals surface area (Å²) in [6.07, 6.45) is 1.62. The van der Waals surface area contributed by atoms with Gasteiger partial charge in [-0.3, -0.25) is 9.69 Å². The zero-order valence-corrected chi connectivity index (χ0v) is 18.9. The van der Waals surface area contributed by atoms with Gasteiger partial charge in [0.25, 0.3) is 5.91 Å². The number of aromatic carboxylic acids is 1. The summed E-state index contributed by atoms with van der Waals surface area (Å²) in [5, 5.41) is 9.38. The van der Waals surface area contributed by atoms with E-state index in [0.29, 0.717) is 32.0 Å². The number of hydrogen-bond acceptors (Lipinski definition) is 5. The van der Waals surface area contributed by atoms with Crippen molar-refractivity contribution in [3.63, 3.8) is 0 Å². The highest BCUT2D eigenvalue weighted by Gasteiger charge is 2.33. The molecule has 9 heteroatoms. The van der Waals surface area contributed by atoms with Crippen LogP contribution in [0.15, 0.2) is 68.4 Å². The number of amides is 1. The second-order valence-electron chi connectivity index (χ2n) is 6.20. The van der Waals surface area contributed by atoms with Crippen molar-refractivity contribution in [2.24, 2.45) is 0 Å². The van der Waals surface area contributed by atoms with Crippen LogP contribution in [0.1, 0.15) is 16.1 Å². The standard InChI is InChI=1S/C21H11BrClNO4S2/c22-12-2-1-3-13(9-12)24-19(25)18(30-21(24)29)10-14-5-7-17(28-14)11-4-6-16(23)15(8-11)20(26)27/h1-10H,(H,26,27)/b18-10+. The van der Waals surface area contributed by atoms with Gasteiger partial charge in [-0.2, -0.15) is 0 Å². The summed E-state index contributed by atoms with van der Waals surface area (Å²) in [5.41, 5.74) is 1.23. The van der Waals surface area contributed by atoms with E-state index in [1.807, 2.05) is 24.3 Å². The van der Waals surface area contributed by atoms with E-state index in [0.717, 1.165) is 4.47 Å². The SMILES string of the molecule is O=C(O)c1cc(-c2ccc(/C=C3/SC(=S)N(c4cccc(Br)c4)C3=O)o2)ccc1Cl. The van der Waals surface area contributed by atoms with Gasteiger partial charge in [-0.05, 0) is 48.5 Å². The van der Waals surface area contributed by atoms with E-state index in [1.165, 1.54) is 28.8 Å². The Bertz CT molecular complexity index is 1240. The largest absolute Gasteiger partial charge is 0.478 e. The van der Waals surface area contributed by atoms with Crippen molar-refractivity contribution in [2.45, 2.75) is 0 Å². The summed E-state index contributed by atoms with van der Waals surface area (Å²) in [5.74, 6) is -0.444. The van der Waals surface area contributed by atoms with E-state index in [1.54, 1.807) is 24.3 Å². The lowest BCUT2D eigenvalue weighted by Crippen LogP contribution is -2.27. The molecule has 5 nitrogen and oxygen atoms in total. The molecule has 0 unspecified atom stereocenters. The Labute approximate surface area is 194 Å². The van der Waals surface area contributed by atoms with Gasteiger partial charge < -0.3 is 9.52 Å². The first-order chi connectivity index (χ1) is 14.3. The van der Waals surface area contributed by atoms with Crippen LogP contribution >= 0.6 is 51.5 Å². The number of hydrogen-bond donors (Lipinski definition) is 1. The van der Waals surface area contributed by atoms with E-state index >= 15 is 0 Å². The van der Waals surface area contributed by atoms with Crippen LogP contribution in [0, 0.1) is 0 Å². The topological polar surface area (TPSA) is 70.8 Å². The van der Waals surface area contributed by atoms with E-state index in [-0.39, 0.29) is 16.5 Å². The second kappa shape index (κ2) is 8.39. The van der Waals surface area contributed by atoms with Gasteiger partial charge >= 0.3 is 5.97 Å². The summed E-state index contributed by atoms with van der Waals surface area (Å²) in [4.78, 5) is 26.1. The highest BCUT2D eigenvalue weighted by Crippen LogP contribution is 2.37. The van der Waals surface area contributed by atoms with Crippen LogP contribution < -0.4 is 4.90 Å². The average molecular weight is 521 g/mol.